The number of halogens is 1. The summed E-state index contributed by atoms with van der Waals surface area (Å²) in [6.45, 7) is 9.17. The molecule has 0 aromatic rings. The number of hydrogen-bond acceptors (Lipinski definition) is 0. The molecule has 0 bridgehead atoms. The second-order valence-electron chi connectivity index (χ2n) is 4.47. The van der Waals surface area contributed by atoms with Gasteiger partial charge in [-0.25, -0.2) is 0 Å². The highest BCUT2D eigenvalue weighted by Crippen LogP contribution is 2.41. The molecule has 0 aliphatic heterocycles. The summed E-state index contributed by atoms with van der Waals surface area (Å²) in [5.74, 6) is 1.66. The predicted molar refractivity (Wildman–Crippen MR) is 67.0 cm³/mol. The SMILES string of the molecule is CCCCC(CC)(CCl)C(CC)CC. The molecule has 0 radical (unpaired) electrons. The van der Waals surface area contributed by atoms with E-state index in [2.05, 4.69) is 27.7 Å². The second kappa shape index (κ2) is 7.56. The Kier molecular flexibility index (Phi) is 7.72. The highest BCUT2D eigenvalue weighted by atomic mass is 35.5. The third kappa shape index (κ3) is 3.46. The Labute approximate surface area is 95.4 Å². The van der Waals surface area contributed by atoms with E-state index >= 15 is 0 Å². The van der Waals surface area contributed by atoms with Gasteiger partial charge in [0.15, 0.2) is 0 Å². The van der Waals surface area contributed by atoms with E-state index < -0.39 is 0 Å². The van der Waals surface area contributed by atoms with Crippen LogP contribution in [-0.2, 0) is 0 Å². The molecule has 0 fully saturated rings. The van der Waals surface area contributed by atoms with Crippen molar-refractivity contribution in [3.63, 3.8) is 0 Å². The minimum absolute atomic E-state index is 0.418. The maximum absolute atomic E-state index is 6.21. The Bertz CT molecular complexity index is 123. The summed E-state index contributed by atoms with van der Waals surface area (Å²) in [6.07, 6.45) is 7.73. The van der Waals surface area contributed by atoms with E-state index in [0.29, 0.717) is 5.41 Å². The van der Waals surface area contributed by atoms with Gasteiger partial charge in [0.1, 0.15) is 0 Å². The van der Waals surface area contributed by atoms with Crippen molar-refractivity contribution >= 4 is 11.6 Å². The number of unbranched alkanes of at least 4 members (excludes halogenated alkanes) is 1. The van der Waals surface area contributed by atoms with Crippen molar-refractivity contribution in [1.29, 1.82) is 0 Å². The second-order valence-corrected chi connectivity index (χ2v) is 4.73. The van der Waals surface area contributed by atoms with Gasteiger partial charge in [-0.05, 0) is 24.2 Å². The smallest absolute Gasteiger partial charge is 0.0282 e. The van der Waals surface area contributed by atoms with E-state index in [1.165, 1.54) is 38.5 Å². The van der Waals surface area contributed by atoms with Crippen LogP contribution >= 0.6 is 11.6 Å². The number of rotatable bonds is 8. The number of alkyl halides is 1. The molecule has 0 aliphatic rings. The monoisotopic (exact) mass is 218 g/mol. The van der Waals surface area contributed by atoms with Crippen LogP contribution in [0.4, 0.5) is 0 Å². The lowest BCUT2D eigenvalue weighted by Gasteiger charge is -2.38. The van der Waals surface area contributed by atoms with Gasteiger partial charge in [0.05, 0.1) is 0 Å². The van der Waals surface area contributed by atoms with Gasteiger partial charge >= 0.3 is 0 Å². The van der Waals surface area contributed by atoms with Gasteiger partial charge in [-0.2, -0.15) is 0 Å². The van der Waals surface area contributed by atoms with Crippen LogP contribution in [0.5, 0.6) is 0 Å². The molecule has 1 heteroatoms. The van der Waals surface area contributed by atoms with Gasteiger partial charge in [-0.1, -0.05) is 53.4 Å². The first-order valence-electron chi connectivity index (χ1n) is 6.26. The highest BCUT2D eigenvalue weighted by Gasteiger charge is 2.33. The zero-order valence-electron chi connectivity index (χ0n) is 10.4. The van der Waals surface area contributed by atoms with Crippen LogP contribution in [0.3, 0.4) is 0 Å². The summed E-state index contributed by atoms with van der Waals surface area (Å²) in [4.78, 5) is 0. The van der Waals surface area contributed by atoms with Crippen LogP contribution < -0.4 is 0 Å². The molecule has 14 heavy (non-hydrogen) atoms. The molecule has 0 aromatic carbocycles. The van der Waals surface area contributed by atoms with E-state index in [-0.39, 0.29) is 0 Å². The van der Waals surface area contributed by atoms with Crippen molar-refractivity contribution in [3.05, 3.63) is 0 Å². The molecule has 1 atom stereocenters. The molecule has 0 aromatic heterocycles. The Morgan fingerprint density at radius 1 is 1.07 bits per heavy atom. The van der Waals surface area contributed by atoms with Gasteiger partial charge in [-0.3, -0.25) is 0 Å². The van der Waals surface area contributed by atoms with Crippen molar-refractivity contribution in [2.24, 2.45) is 11.3 Å². The van der Waals surface area contributed by atoms with E-state index in [1.807, 2.05) is 0 Å². The van der Waals surface area contributed by atoms with Crippen LogP contribution in [0.2, 0.25) is 0 Å². The van der Waals surface area contributed by atoms with Crippen molar-refractivity contribution in [1.82, 2.24) is 0 Å². The summed E-state index contributed by atoms with van der Waals surface area (Å²) >= 11 is 6.21. The average Bonchev–Trinajstić information content (AvgIpc) is 2.24. The summed E-state index contributed by atoms with van der Waals surface area (Å²) in [6, 6.07) is 0. The van der Waals surface area contributed by atoms with Crippen molar-refractivity contribution in [2.75, 3.05) is 5.88 Å². The minimum Gasteiger partial charge on any atom is -0.126 e. The fraction of sp³-hybridized carbons (Fsp3) is 1.00. The lowest BCUT2D eigenvalue weighted by molar-refractivity contribution is 0.150. The molecule has 0 nitrogen and oxygen atoms in total. The lowest BCUT2D eigenvalue weighted by Crippen LogP contribution is -2.31. The molecule has 0 amide bonds. The van der Waals surface area contributed by atoms with E-state index in [1.54, 1.807) is 0 Å². The lowest BCUT2D eigenvalue weighted by atomic mass is 9.69. The quantitative estimate of drug-likeness (QED) is 0.489. The molecular weight excluding hydrogens is 192 g/mol. The van der Waals surface area contributed by atoms with E-state index in [4.69, 9.17) is 11.6 Å². The van der Waals surface area contributed by atoms with Crippen LogP contribution in [0.1, 0.15) is 66.2 Å². The first-order valence-corrected chi connectivity index (χ1v) is 6.80. The molecule has 1 unspecified atom stereocenters. The summed E-state index contributed by atoms with van der Waals surface area (Å²) in [5.41, 5.74) is 0.418. The van der Waals surface area contributed by atoms with Crippen molar-refractivity contribution in [3.8, 4) is 0 Å². The summed E-state index contributed by atoms with van der Waals surface area (Å²) in [5, 5.41) is 0. The largest absolute Gasteiger partial charge is 0.126 e. The third-order valence-electron chi connectivity index (χ3n) is 3.85. The first-order chi connectivity index (χ1) is 6.70. The van der Waals surface area contributed by atoms with Crippen molar-refractivity contribution < 1.29 is 0 Å². The Morgan fingerprint density at radius 2 is 1.64 bits per heavy atom. The maximum Gasteiger partial charge on any atom is 0.0282 e. The highest BCUT2D eigenvalue weighted by molar-refractivity contribution is 6.18. The zero-order valence-corrected chi connectivity index (χ0v) is 11.2. The van der Waals surface area contributed by atoms with Crippen LogP contribution in [-0.4, -0.2) is 5.88 Å². The minimum atomic E-state index is 0.418. The molecule has 0 N–H and O–H groups in total. The topological polar surface area (TPSA) is 0 Å². The number of hydrogen-bond donors (Lipinski definition) is 0. The Balaban J connectivity index is 4.47. The first kappa shape index (κ1) is 14.3. The van der Waals surface area contributed by atoms with Gasteiger partial charge in [0.2, 0.25) is 0 Å². The fourth-order valence-corrected chi connectivity index (χ4v) is 3.16. The van der Waals surface area contributed by atoms with Gasteiger partial charge in [-0.15, -0.1) is 11.6 Å². The average molecular weight is 219 g/mol. The third-order valence-corrected chi connectivity index (χ3v) is 4.38. The molecule has 86 valence electrons. The molecule has 0 aliphatic carbocycles. The fourth-order valence-electron chi connectivity index (χ4n) is 2.62. The Morgan fingerprint density at radius 3 is 1.93 bits per heavy atom. The molecule has 0 heterocycles. The van der Waals surface area contributed by atoms with Crippen LogP contribution in [0, 0.1) is 11.3 Å². The molecule has 0 spiro atoms. The zero-order chi connectivity index (χ0) is 11.0. The molecule has 0 rings (SSSR count). The van der Waals surface area contributed by atoms with Crippen LogP contribution in [0.15, 0.2) is 0 Å². The van der Waals surface area contributed by atoms with E-state index in [0.717, 1.165) is 11.8 Å². The molecular formula is C13H27Cl. The maximum atomic E-state index is 6.21. The summed E-state index contributed by atoms with van der Waals surface area (Å²) < 4.78 is 0. The van der Waals surface area contributed by atoms with Crippen LogP contribution in [0.25, 0.3) is 0 Å². The standard InChI is InChI=1S/C13H27Cl/c1-5-9-10-13(8-4,11-14)12(6-2)7-3/h12H,5-11H2,1-4H3. The van der Waals surface area contributed by atoms with E-state index in [9.17, 15) is 0 Å². The van der Waals surface area contributed by atoms with Gasteiger partial charge in [0, 0.05) is 5.88 Å². The van der Waals surface area contributed by atoms with Gasteiger partial charge in [0.25, 0.3) is 0 Å². The van der Waals surface area contributed by atoms with Gasteiger partial charge < -0.3 is 0 Å². The summed E-state index contributed by atoms with van der Waals surface area (Å²) in [7, 11) is 0. The molecule has 0 saturated carbocycles. The normalized spacial score (nSPS) is 15.9. The molecule has 0 saturated heterocycles. The Hall–Kier alpha value is 0.290. The van der Waals surface area contributed by atoms with Crippen molar-refractivity contribution in [2.45, 2.75) is 66.2 Å². The predicted octanol–water partition coefficient (Wildman–Crippen LogP) is 5.25.